The van der Waals surface area contributed by atoms with Crippen LogP contribution in [0.2, 0.25) is 0 Å². The quantitative estimate of drug-likeness (QED) is 0.544. The molecule has 0 aliphatic carbocycles. The first-order chi connectivity index (χ1) is 12.3. The van der Waals surface area contributed by atoms with Gasteiger partial charge in [-0.15, -0.1) is 11.3 Å². The molecular weight excluding hydrogens is 328 g/mol. The van der Waals surface area contributed by atoms with Gasteiger partial charge in [0.2, 0.25) is 0 Å². The average molecular weight is 344 g/mol. The molecule has 1 aromatic carbocycles. The van der Waals surface area contributed by atoms with Crippen LogP contribution in [0.3, 0.4) is 0 Å². The molecule has 5 heteroatoms. The fourth-order valence-corrected chi connectivity index (χ4v) is 3.41. The van der Waals surface area contributed by atoms with Gasteiger partial charge in [0.1, 0.15) is 11.5 Å². The van der Waals surface area contributed by atoms with Crippen molar-refractivity contribution in [3.05, 3.63) is 78.1 Å². The van der Waals surface area contributed by atoms with Gasteiger partial charge in [0.25, 0.3) is 0 Å². The van der Waals surface area contributed by atoms with E-state index in [1.807, 2.05) is 79.3 Å². The van der Waals surface area contributed by atoms with Gasteiger partial charge in [-0.3, -0.25) is 4.98 Å². The molecule has 25 heavy (non-hydrogen) atoms. The van der Waals surface area contributed by atoms with Crippen LogP contribution in [0.1, 0.15) is 5.69 Å². The molecule has 0 atom stereocenters. The smallest absolute Gasteiger partial charge is 0.130 e. The molecule has 4 rings (SSSR count). The van der Waals surface area contributed by atoms with Gasteiger partial charge in [-0.05, 0) is 48.9 Å². The Morgan fingerprint density at radius 1 is 0.920 bits per heavy atom. The number of aryl methyl sites for hydroxylation is 1. The second-order valence-corrected chi connectivity index (χ2v) is 6.47. The molecule has 122 valence electrons. The summed E-state index contributed by atoms with van der Waals surface area (Å²) in [4.78, 5) is 14.7. The molecule has 0 aliphatic heterocycles. The van der Waals surface area contributed by atoms with E-state index >= 15 is 0 Å². The first kappa shape index (κ1) is 15.5. The first-order valence-corrected chi connectivity index (χ1v) is 8.83. The van der Waals surface area contributed by atoms with Crippen LogP contribution in [0.15, 0.2) is 72.4 Å². The number of anilines is 2. The highest BCUT2D eigenvalue weighted by molar-refractivity contribution is 7.13. The average Bonchev–Trinajstić information content (AvgIpc) is 3.13. The zero-order valence-corrected chi connectivity index (χ0v) is 14.5. The second kappa shape index (κ2) is 6.83. The van der Waals surface area contributed by atoms with Crippen LogP contribution < -0.4 is 5.32 Å². The monoisotopic (exact) mass is 344 g/mol. The maximum atomic E-state index is 4.60. The molecule has 4 nitrogen and oxygen atoms in total. The maximum Gasteiger partial charge on any atom is 0.130 e. The minimum absolute atomic E-state index is 0.806. The molecule has 0 spiro atoms. The molecule has 0 radical (unpaired) electrons. The summed E-state index contributed by atoms with van der Waals surface area (Å²) >= 11 is 1.61. The molecule has 0 unspecified atom stereocenters. The van der Waals surface area contributed by atoms with Crippen molar-refractivity contribution < 1.29 is 0 Å². The predicted octanol–water partition coefficient (Wildman–Crippen LogP) is 5.32. The SMILES string of the molecule is Cc1cccc(-c2ncsc2-c2ccnc(Nc3ccccc3)c2)n1. The Bertz CT molecular complexity index is 995. The van der Waals surface area contributed by atoms with E-state index in [4.69, 9.17) is 0 Å². The normalized spacial score (nSPS) is 10.6. The van der Waals surface area contributed by atoms with Gasteiger partial charge >= 0.3 is 0 Å². The number of para-hydroxylation sites is 1. The van der Waals surface area contributed by atoms with Gasteiger partial charge in [-0.1, -0.05) is 24.3 Å². The van der Waals surface area contributed by atoms with Crippen LogP contribution in [0.5, 0.6) is 0 Å². The summed E-state index contributed by atoms with van der Waals surface area (Å²) in [5.74, 6) is 0.806. The molecule has 4 aromatic rings. The Balaban J connectivity index is 1.70. The van der Waals surface area contributed by atoms with E-state index in [1.165, 1.54) is 0 Å². The van der Waals surface area contributed by atoms with E-state index in [9.17, 15) is 0 Å². The summed E-state index contributed by atoms with van der Waals surface area (Å²) in [6.07, 6.45) is 1.81. The van der Waals surface area contributed by atoms with Crippen molar-refractivity contribution in [3.63, 3.8) is 0 Å². The predicted molar refractivity (Wildman–Crippen MR) is 103 cm³/mol. The van der Waals surface area contributed by atoms with Crippen LogP contribution in [0, 0.1) is 6.92 Å². The van der Waals surface area contributed by atoms with E-state index in [0.29, 0.717) is 0 Å². The van der Waals surface area contributed by atoms with Crippen molar-refractivity contribution in [2.75, 3.05) is 5.32 Å². The minimum Gasteiger partial charge on any atom is -0.340 e. The van der Waals surface area contributed by atoms with Crippen LogP contribution in [-0.2, 0) is 0 Å². The summed E-state index contributed by atoms with van der Waals surface area (Å²) < 4.78 is 0. The number of nitrogens with zero attached hydrogens (tertiary/aromatic N) is 3. The largest absolute Gasteiger partial charge is 0.340 e. The van der Waals surface area contributed by atoms with Gasteiger partial charge in [0, 0.05) is 17.6 Å². The number of hydrogen-bond donors (Lipinski definition) is 1. The Kier molecular flexibility index (Phi) is 4.23. The maximum absolute atomic E-state index is 4.60. The lowest BCUT2D eigenvalue weighted by molar-refractivity contribution is 1.19. The Morgan fingerprint density at radius 2 is 1.80 bits per heavy atom. The molecule has 0 saturated carbocycles. The van der Waals surface area contributed by atoms with Crippen molar-refractivity contribution >= 4 is 22.8 Å². The summed E-state index contributed by atoms with van der Waals surface area (Å²) in [5, 5.41) is 3.33. The van der Waals surface area contributed by atoms with Crippen LogP contribution in [0.4, 0.5) is 11.5 Å². The fourth-order valence-electron chi connectivity index (χ4n) is 2.62. The third kappa shape index (κ3) is 3.41. The molecule has 3 aromatic heterocycles. The van der Waals surface area contributed by atoms with E-state index in [-0.39, 0.29) is 0 Å². The van der Waals surface area contributed by atoms with Gasteiger partial charge < -0.3 is 5.32 Å². The summed E-state index contributed by atoms with van der Waals surface area (Å²) in [5.41, 5.74) is 6.74. The lowest BCUT2D eigenvalue weighted by Gasteiger charge is -2.08. The van der Waals surface area contributed by atoms with Crippen LogP contribution in [-0.4, -0.2) is 15.0 Å². The molecule has 0 amide bonds. The Hall–Kier alpha value is -3.05. The lowest BCUT2D eigenvalue weighted by Crippen LogP contribution is -1.93. The number of hydrogen-bond acceptors (Lipinski definition) is 5. The molecule has 0 bridgehead atoms. The third-order valence-corrected chi connectivity index (χ3v) is 4.64. The van der Waals surface area contributed by atoms with E-state index in [0.717, 1.165) is 39.0 Å². The molecule has 1 N–H and O–H groups in total. The second-order valence-electron chi connectivity index (χ2n) is 5.62. The number of aromatic nitrogens is 3. The van der Waals surface area contributed by atoms with Crippen molar-refractivity contribution in [3.8, 4) is 21.8 Å². The van der Waals surface area contributed by atoms with Crippen molar-refractivity contribution in [1.29, 1.82) is 0 Å². The van der Waals surface area contributed by atoms with E-state index < -0.39 is 0 Å². The summed E-state index contributed by atoms with van der Waals surface area (Å²) in [6.45, 7) is 1.99. The number of thiazole rings is 1. The van der Waals surface area contributed by atoms with E-state index in [1.54, 1.807) is 11.3 Å². The molecular formula is C20H16N4S. The van der Waals surface area contributed by atoms with Gasteiger partial charge in [0.15, 0.2) is 0 Å². The molecule has 3 heterocycles. The topological polar surface area (TPSA) is 50.7 Å². The van der Waals surface area contributed by atoms with Gasteiger partial charge in [-0.25, -0.2) is 9.97 Å². The number of pyridine rings is 2. The number of nitrogens with one attached hydrogen (secondary N) is 1. The summed E-state index contributed by atoms with van der Waals surface area (Å²) in [7, 11) is 0. The lowest BCUT2D eigenvalue weighted by atomic mass is 10.1. The number of benzene rings is 1. The third-order valence-electron chi connectivity index (χ3n) is 3.77. The zero-order valence-electron chi connectivity index (χ0n) is 13.7. The minimum atomic E-state index is 0.806. The molecule has 0 aliphatic rings. The van der Waals surface area contributed by atoms with Crippen molar-refractivity contribution in [2.24, 2.45) is 0 Å². The van der Waals surface area contributed by atoms with E-state index in [2.05, 4.69) is 20.3 Å². The molecule has 0 fully saturated rings. The van der Waals surface area contributed by atoms with Gasteiger partial charge in [0.05, 0.1) is 16.1 Å². The zero-order chi connectivity index (χ0) is 17.1. The highest BCUT2D eigenvalue weighted by Gasteiger charge is 2.13. The number of rotatable bonds is 4. The Morgan fingerprint density at radius 3 is 2.64 bits per heavy atom. The van der Waals surface area contributed by atoms with Crippen molar-refractivity contribution in [2.45, 2.75) is 6.92 Å². The highest BCUT2D eigenvalue weighted by Crippen LogP contribution is 2.34. The standard InChI is InChI=1S/C20H16N4S/c1-14-6-5-9-17(23-14)19-20(25-13-22-19)15-10-11-21-18(12-15)24-16-7-3-2-4-8-16/h2-13H,1H3,(H,21,24). The molecule has 0 saturated heterocycles. The van der Waals surface area contributed by atoms with Gasteiger partial charge in [-0.2, -0.15) is 0 Å². The van der Waals surface area contributed by atoms with Crippen LogP contribution in [0.25, 0.3) is 21.8 Å². The highest BCUT2D eigenvalue weighted by atomic mass is 32.1. The first-order valence-electron chi connectivity index (χ1n) is 7.95. The van der Waals surface area contributed by atoms with Crippen LogP contribution >= 0.6 is 11.3 Å². The summed E-state index contributed by atoms with van der Waals surface area (Å²) in [6, 6.07) is 20.1. The Labute approximate surface area is 150 Å². The van der Waals surface area contributed by atoms with Crippen molar-refractivity contribution in [1.82, 2.24) is 15.0 Å². The fraction of sp³-hybridized carbons (Fsp3) is 0.0500.